The highest BCUT2D eigenvalue weighted by Gasteiger charge is 2.53. The molecule has 23 N–H and O–H groups in total. The molecule has 9 amide bonds. The van der Waals surface area contributed by atoms with Crippen LogP contribution in [0.15, 0.2) is 12.4 Å². The summed E-state index contributed by atoms with van der Waals surface area (Å²) in [6.45, 7) is -1.03. The lowest BCUT2D eigenvalue weighted by molar-refractivity contribution is -0.348. The van der Waals surface area contributed by atoms with Gasteiger partial charge in [-0.15, -0.1) is 10.2 Å². The molecule has 2 aromatic rings. The molecular weight excluding hydrogens is 1380 g/mol. The van der Waals surface area contributed by atoms with Gasteiger partial charge in [0.2, 0.25) is 53.2 Å². The summed E-state index contributed by atoms with van der Waals surface area (Å²) >= 11 is 0. The number of aromatic nitrogens is 6. The molecule has 582 valence electrons. The highest BCUT2D eigenvalue weighted by Crippen LogP contribution is 2.32. The van der Waals surface area contributed by atoms with Crippen molar-refractivity contribution in [2.45, 2.75) is 233 Å². The molecule has 2 aromatic heterocycles. The lowest BCUT2D eigenvalue weighted by atomic mass is 9.95. The van der Waals surface area contributed by atoms with Gasteiger partial charge in [-0.1, -0.05) is 16.8 Å². The van der Waals surface area contributed by atoms with Gasteiger partial charge in [0, 0.05) is 46.6 Å². The number of aliphatic hydroxyl groups excluding tert-OH is 12. The zero-order valence-electron chi connectivity index (χ0n) is 56.6. The van der Waals surface area contributed by atoms with Crippen LogP contribution in [-0.2, 0) is 107 Å². The third-order valence-corrected chi connectivity index (χ3v) is 16.7. The Hall–Kier alpha value is -7.33. The van der Waals surface area contributed by atoms with Gasteiger partial charge in [0.05, 0.1) is 84.8 Å². The largest absolute Gasteiger partial charge is 0.394 e. The van der Waals surface area contributed by atoms with Crippen LogP contribution in [-0.4, -0.2) is 332 Å². The quantitative estimate of drug-likeness (QED) is 0.0127. The molecule has 2 unspecified atom stereocenters. The first kappa shape index (κ1) is 84.6. The molecule has 4 aliphatic rings. The van der Waals surface area contributed by atoms with Gasteiger partial charge in [0.1, 0.15) is 121 Å². The normalized spacial score (nSPS) is 29.8. The van der Waals surface area contributed by atoms with E-state index < -0.39 is 215 Å². The van der Waals surface area contributed by atoms with E-state index in [1.807, 2.05) is 5.43 Å². The van der Waals surface area contributed by atoms with Gasteiger partial charge in [-0.3, -0.25) is 48.6 Å². The van der Waals surface area contributed by atoms with Crippen LogP contribution >= 0.6 is 0 Å². The molecule has 103 heavy (non-hydrogen) atoms. The Morgan fingerprint density at radius 1 is 0.485 bits per heavy atom. The van der Waals surface area contributed by atoms with Crippen molar-refractivity contribution in [3.8, 4) is 0 Å². The smallest absolute Gasteiger partial charge is 0.243 e. The van der Waals surface area contributed by atoms with Crippen molar-refractivity contribution in [1.29, 1.82) is 0 Å². The third-order valence-electron chi connectivity index (χ3n) is 16.7. The molecule has 22 atom stereocenters. The number of hydrogen-bond donors (Lipinski definition) is 22. The van der Waals surface area contributed by atoms with Crippen molar-refractivity contribution in [2.24, 2.45) is 5.84 Å². The molecule has 4 fully saturated rings. The van der Waals surface area contributed by atoms with Gasteiger partial charge < -0.3 is 142 Å². The van der Waals surface area contributed by atoms with Crippen LogP contribution in [0.4, 0.5) is 0 Å². The molecule has 4 aliphatic heterocycles. The van der Waals surface area contributed by atoms with Gasteiger partial charge in [-0.2, -0.15) is 0 Å². The zero-order valence-corrected chi connectivity index (χ0v) is 56.6. The fourth-order valence-electron chi connectivity index (χ4n) is 11.2. The van der Waals surface area contributed by atoms with Crippen molar-refractivity contribution in [1.82, 2.24) is 77.9 Å². The molecule has 45 heteroatoms. The van der Waals surface area contributed by atoms with Crippen molar-refractivity contribution >= 4 is 53.2 Å². The number of carbonyl (C=O) groups excluding carboxylic acids is 9. The van der Waals surface area contributed by atoms with Crippen molar-refractivity contribution in [3.05, 3.63) is 23.8 Å². The first-order valence-corrected chi connectivity index (χ1v) is 33.1. The molecule has 0 saturated carbocycles. The highest BCUT2D eigenvalue weighted by atomic mass is 16.7. The second-order valence-corrected chi connectivity index (χ2v) is 24.6. The number of unbranched alkanes of at least 4 members (excludes halogenated alkanes) is 2. The number of rotatable bonds is 40. The number of amides is 9. The molecule has 6 rings (SSSR count). The second-order valence-electron chi connectivity index (χ2n) is 24.6. The predicted octanol–water partition coefficient (Wildman–Crippen LogP) is -13.3. The van der Waals surface area contributed by atoms with Gasteiger partial charge in [-0.05, 0) is 25.7 Å². The monoisotopic (exact) mass is 1480 g/mol. The Morgan fingerprint density at radius 2 is 0.913 bits per heavy atom. The maximum atomic E-state index is 13.5. The minimum Gasteiger partial charge on any atom is -0.394 e. The maximum Gasteiger partial charge on any atom is 0.243 e. The highest BCUT2D eigenvalue weighted by molar-refractivity contribution is 5.93. The lowest BCUT2D eigenvalue weighted by Crippen LogP contribution is -2.67. The summed E-state index contributed by atoms with van der Waals surface area (Å²) in [7, 11) is 0. The number of hydrazine groups is 1. The first-order chi connectivity index (χ1) is 49.1. The van der Waals surface area contributed by atoms with Crippen LogP contribution in [0, 0.1) is 0 Å². The Morgan fingerprint density at radius 3 is 1.33 bits per heavy atom. The zero-order chi connectivity index (χ0) is 75.6. The summed E-state index contributed by atoms with van der Waals surface area (Å²) in [5, 5.41) is 160. The average Bonchev–Trinajstić information content (AvgIpc) is 1.03. The molecule has 0 aliphatic carbocycles. The van der Waals surface area contributed by atoms with E-state index in [0.717, 1.165) is 20.8 Å². The average molecular weight is 1480 g/mol. The Kier molecular flexibility index (Phi) is 34.5. The summed E-state index contributed by atoms with van der Waals surface area (Å²) in [5.74, 6) is -0.764. The molecular formula is C58H96N16O29. The number of nitrogens with two attached hydrogens (primary N) is 1. The summed E-state index contributed by atoms with van der Waals surface area (Å²) in [6.07, 6.45) is -25.6. The summed E-state index contributed by atoms with van der Waals surface area (Å²) in [6, 6.07) is -5.35. The van der Waals surface area contributed by atoms with Crippen molar-refractivity contribution in [3.63, 3.8) is 0 Å². The van der Waals surface area contributed by atoms with Crippen LogP contribution in [0.5, 0.6) is 0 Å². The van der Waals surface area contributed by atoms with Gasteiger partial charge >= 0.3 is 0 Å². The van der Waals surface area contributed by atoms with E-state index in [4.69, 9.17) is 43.7 Å². The van der Waals surface area contributed by atoms with Crippen molar-refractivity contribution < 1.29 is 142 Å². The first-order valence-electron chi connectivity index (χ1n) is 33.1. The molecule has 45 nitrogen and oxygen atoms in total. The van der Waals surface area contributed by atoms with Crippen LogP contribution in [0.2, 0.25) is 0 Å². The second kappa shape index (κ2) is 42.0. The van der Waals surface area contributed by atoms with E-state index >= 15 is 0 Å². The molecule has 4 saturated heterocycles. The van der Waals surface area contributed by atoms with Crippen molar-refractivity contribution in [2.75, 3.05) is 52.7 Å². The number of carbonyl (C=O) groups is 9. The lowest BCUT2D eigenvalue weighted by Gasteiger charge is -2.47. The standard InChI is InChI=1S/C58H96N16O29/c1-26(79)64-31(8-10-37(82)61-17-29-20-73(71-69-29)13-15-96-55-41(65-27(2)80)45(88)51(35(24-77)100-55)102-57-49(92)47(90)43(86)33(22-75)98-57)54(95)63-19-40(85)67-32(53(94)60-12-6-4-5-7-39(84)68-59)9-11-38(83)62-18-30-21-74(72-70-30)14-16-97-56-42(66-28(3)81)46(89)52(36(25-78)101-56)103-58-50(93)48(91)44(87)34(23-76)99-58/h20-21,31-36,41-52,55-58,75-78,86-93H,4-19,22-25,59H2,1-3H3,(H,60,94)(H,61,82)(H,62,83)(H,63,95)(H,64,79)(H,65,80)(H,66,81)(H,67,85)(H,68,84)/t31?,32?,33-,34-,35-,36-,41-,42-,43+,44+,45-,46-,47+,48+,49-,50-,51-,52-,55-,56-,57+,58+/m1/s1. The summed E-state index contributed by atoms with van der Waals surface area (Å²) in [5.41, 5.74) is 2.54. The van der Waals surface area contributed by atoms with Crippen LogP contribution in [0.25, 0.3) is 0 Å². The van der Waals surface area contributed by atoms with Crippen LogP contribution in [0.3, 0.4) is 0 Å². The fourth-order valence-corrected chi connectivity index (χ4v) is 11.2. The number of aliphatic hydroxyl groups is 12. The Bertz CT molecular complexity index is 3050. The van der Waals surface area contributed by atoms with E-state index in [2.05, 4.69) is 63.2 Å². The minimum absolute atomic E-state index is 0.00866. The van der Waals surface area contributed by atoms with E-state index in [-0.39, 0.29) is 95.3 Å². The summed E-state index contributed by atoms with van der Waals surface area (Å²) in [4.78, 5) is 115. The minimum atomic E-state index is -1.86. The number of ether oxygens (including phenoxy) is 8. The van der Waals surface area contributed by atoms with Gasteiger partial charge in [-0.25, -0.2) is 15.2 Å². The van der Waals surface area contributed by atoms with E-state index in [1.54, 1.807) is 0 Å². The van der Waals surface area contributed by atoms with Crippen LogP contribution in [0.1, 0.15) is 83.5 Å². The van der Waals surface area contributed by atoms with E-state index in [9.17, 15) is 104 Å². The molecule has 0 bridgehead atoms. The number of nitrogens with zero attached hydrogens (tertiary/aromatic N) is 6. The predicted molar refractivity (Wildman–Crippen MR) is 336 cm³/mol. The summed E-state index contributed by atoms with van der Waals surface area (Å²) < 4.78 is 48.2. The van der Waals surface area contributed by atoms with Gasteiger partial charge in [0.25, 0.3) is 0 Å². The SMILES string of the molecule is CC(=O)NC(CCC(=O)NCc1cn(CCO[C@@H]2O[C@H](CO)[C@@H](O[C@@H]3O[C@H](CO)[C@H](O)[C@H](O)[C@H]3O)[C@H](O)[C@H]2NC(C)=O)nn1)C(=O)NCC(=O)NC(CCC(=O)NCc1cn(CCO[C@@H]2O[C@H](CO)[C@@H](O[C@@H]3O[C@H](CO)[C@H](O)[C@H](O)[C@H]3O)[C@H](O)[C@H]2NC(C)=O)nn1)C(=O)NCCCCCC(=O)NN. The molecule has 6 heterocycles. The maximum absolute atomic E-state index is 13.5. The topological polar surface area (TPSA) is 666 Å². The van der Waals surface area contributed by atoms with E-state index in [1.165, 1.54) is 21.8 Å². The Labute approximate surface area is 587 Å². The van der Waals surface area contributed by atoms with Crippen LogP contribution < -0.4 is 53.8 Å². The van der Waals surface area contributed by atoms with E-state index in [0.29, 0.717) is 19.3 Å². The Balaban J connectivity index is 0.946. The molecule has 0 aromatic carbocycles. The third kappa shape index (κ3) is 25.5. The molecule has 0 radical (unpaired) electrons. The molecule has 0 spiro atoms. The fraction of sp³-hybridized carbons (Fsp3) is 0.776. The van der Waals surface area contributed by atoms with Gasteiger partial charge in [0.15, 0.2) is 25.2 Å². The number of hydrogen-bond acceptors (Lipinski definition) is 34. The number of nitrogens with one attached hydrogen (secondary N) is 9.